The van der Waals surface area contributed by atoms with E-state index in [-0.39, 0.29) is 36.2 Å². The van der Waals surface area contributed by atoms with Crippen molar-refractivity contribution in [1.29, 1.82) is 0 Å². The number of imide groups is 1. The van der Waals surface area contributed by atoms with Crippen LogP contribution >= 0.6 is 0 Å². The van der Waals surface area contributed by atoms with Crippen molar-refractivity contribution in [2.75, 3.05) is 6.61 Å². The number of carbonyl (C=O) groups is 2. The number of hydrogen-bond acceptors (Lipinski definition) is 3. The Labute approximate surface area is 119 Å². The van der Waals surface area contributed by atoms with Crippen LogP contribution in [-0.2, 0) is 4.74 Å². The quantitative estimate of drug-likeness (QED) is 0.806. The van der Waals surface area contributed by atoms with Gasteiger partial charge in [0.2, 0.25) is 0 Å². The molecule has 4 nitrogen and oxygen atoms in total. The number of amides is 2. The summed E-state index contributed by atoms with van der Waals surface area (Å²) in [6, 6.07) is 2.96. The van der Waals surface area contributed by atoms with Crippen molar-refractivity contribution in [3.63, 3.8) is 0 Å². The third-order valence-electron chi connectivity index (χ3n) is 1.68. The van der Waals surface area contributed by atoms with E-state index in [1.165, 1.54) is 6.92 Å². The van der Waals surface area contributed by atoms with Crippen molar-refractivity contribution in [2.45, 2.75) is 6.92 Å². The number of ether oxygens (including phenoxy) is 1. The summed E-state index contributed by atoms with van der Waals surface area (Å²) in [6.07, 6.45) is -1.05. The molecule has 0 saturated heterocycles. The fraction of sp³-hybridized carbons (Fsp3) is 0.200. The van der Waals surface area contributed by atoms with Gasteiger partial charge in [0.25, 0.3) is 5.91 Å². The summed E-state index contributed by atoms with van der Waals surface area (Å²) < 4.78 is 30.6. The molecule has 88 valence electrons. The van der Waals surface area contributed by atoms with Crippen LogP contribution in [0.1, 0.15) is 17.3 Å². The van der Waals surface area contributed by atoms with E-state index in [9.17, 15) is 18.4 Å². The Morgan fingerprint density at radius 3 is 2.29 bits per heavy atom. The molecule has 0 spiro atoms. The van der Waals surface area contributed by atoms with Crippen LogP contribution in [0.4, 0.5) is 13.6 Å². The Morgan fingerprint density at radius 2 is 1.82 bits per heavy atom. The maximum absolute atomic E-state index is 13.1. The Morgan fingerprint density at radius 1 is 1.29 bits per heavy atom. The average molecular weight is 253 g/mol. The van der Waals surface area contributed by atoms with Crippen LogP contribution in [0.25, 0.3) is 0 Å². The predicted octanol–water partition coefficient (Wildman–Crippen LogP) is 1.20. The minimum absolute atomic E-state index is 0. The fourth-order valence-corrected chi connectivity index (χ4v) is 1.04. The van der Waals surface area contributed by atoms with Gasteiger partial charge in [-0.3, -0.25) is 10.1 Å². The summed E-state index contributed by atoms with van der Waals surface area (Å²) in [5, 5.41) is 1.70. The van der Waals surface area contributed by atoms with Crippen LogP contribution in [0, 0.1) is 11.6 Å². The van der Waals surface area contributed by atoms with Gasteiger partial charge in [0, 0.05) is 0 Å². The van der Waals surface area contributed by atoms with Gasteiger partial charge in [-0.15, -0.1) is 0 Å². The van der Waals surface area contributed by atoms with Crippen LogP contribution in [0.5, 0.6) is 0 Å². The van der Waals surface area contributed by atoms with Crippen molar-refractivity contribution >= 4 is 41.6 Å². The number of rotatable bonds is 2. The van der Waals surface area contributed by atoms with E-state index in [0.717, 1.165) is 18.2 Å². The Bertz CT molecular complexity index is 406. The molecule has 1 rings (SSSR count). The average Bonchev–Trinajstić information content (AvgIpc) is 2.17. The zero-order valence-corrected chi connectivity index (χ0v) is 8.42. The SMILES string of the molecule is CCOC(=O)NC(=O)c1c(F)cccc1F.[NaH]. The molecule has 0 fully saturated rings. The fourth-order valence-electron chi connectivity index (χ4n) is 1.04. The van der Waals surface area contributed by atoms with Crippen LogP contribution < -0.4 is 5.32 Å². The van der Waals surface area contributed by atoms with E-state index in [1.54, 1.807) is 5.32 Å². The van der Waals surface area contributed by atoms with Crippen LogP contribution in [-0.4, -0.2) is 48.2 Å². The number of benzene rings is 1. The van der Waals surface area contributed by atoms with Gasteiger partial charge in [-0.2, -0.15) is 0 Å². The first kappa shape index (κ1) is 16.0. The zero-order valence-electron chi connectivity index (χ0n) is 8.42. The molecule has 0 bridgehead atoms. The summed E-state index contributed by atoms with van der Waals surface area (Å²) >= 11 is 0. The van der Waals surface area contributed by atoms with Gasteiger partial charge in [-0.25, -0.2) is 13.6 Å². The topological polar surface area (TPSA) is 55.4 Å². The van der Waals surface area contributed by atoms with Crippen molar-refractivity contribution in [1.82, 2.24) is 5.32 Å². The molecule has 1 aromatic rings. The Hall–Kier alpha value is -0.980. The van der Waals surface area contributed by atoms with Gasteiger partial charge in [0.15, 0.2) is 0 Å². The van der Waals surface area contributed by atoms with Gasteiger partial charge < -0.3 is 4.74 Å². The first-order valence-corrected chi connectivity index (χ1v) is 4.48. The van der Waals surface area contributed by atoms with E-state index in [2.05, 4.69) is 4.74 Å². The molecule has 0 aliphatic carbocycles. The minimum atomic E-state index is -1.17. The molecular formula is C10H10F2NNaO3. The Balaban J connectivity index is 0.00000256. The normalized spacial score (nSPS) is 9.12. The number of alkyl carbamates (subject to hydrolysis) is 1. The monoisotopic (exact) mass is 253 g/mol. The zero-order chi connectivity index (χ0) is 12.1. The number of carbonyl (C=O) groups excluding carboxylic acids is 2. The number of nitrogens with one attached hydrogen (secondary N) is 1. The summed E-state index contributed by atoms with van der Waals surface area (Å²) in [4.78, 5) is 22.1. The van der Waals surface area contributed by atoms with E-state index in [1.807, 2.05) is 0 Å². The van der Waals surface area contributed by atoms with Crippen LogP contribution in [0.15, 0.2) is 18.2 Å². The van der Waals surface area contributed by atoms with E-state index in [4.69, 9.17) is 0 Å². The van der Waals surface area contributed by atoms with E-state index >= 15 is 0 Å². The van der Waals surface area contributed by atoms with Crippen molar-refractivity contribution in [3.8, 4) is 0 Å². The molecule has 0 saturated carbocycles. The second-order valence-corrected chi connectivity index (χ2v) is 2.77. The molecule has 17 heavy (non-hydrogen) atoms. The van der Waals surface area contributed by atoms with Gasteiger partial charge in [-0.05, 0) is 19.1 Å². The second-order valence-electron chi connectivity index (χ2n) is 2.77. The molecule has 7 heteroatoms. The molecule has 0 aromatic heterocycles. The van der Waals surface area contributed by atoms with Gasteiger partial charge in [-0.1, -0.05) is 6.07 Å². The number of hydrogen-bond donors (Lipinski definition) is 1. The molecule has 1 N–H and O–H groups in total. The van der Waals surface area contributed by atoms with Gasteiger partial charge in [0.1, 0.15) is 17.2 Å². The summed E-state index contributed by atoms with van der Waals surface area (Å²) in [5.41, 5.74) is -0.810. The first-order valence-electron chi connectivity index (χ1n) is 4.48. The van der Waals surface area contributed by atoms with Crippen molar-refractivity contribution < 1.29 is 23.1 Å². The third-order valence-corrected chi connectivity index (χ3v) is 1.68. The van der Waals surface area contributed by atoms with Crippen LogP contribution in [0.3, 0.4) is 0 Å². The Kier molecular flexibility index (Phi) is 6.94. The first-order chi connectivity index (χ1) is 7.56. The van der Waals surface area contributed by atoms with Crippen LogP contribution in [0.2, 0.25) is 0 Å². The predicted molar refractivity (Wildman–Crippen MR) is 58.0 cm³/mol. The standard InChI is InChI=1S/C10H9F2NO3.Na.H/c1-2-16-10(15)13-9(14)8-6(11)4-3-5-7(8)12;;/h3-5H,2H2,1H3,(H,13,14,15);;. The molecule has 1 aromatic carbocycles. The summed E-state index contributed by atoms with van der Waals surface area (Å²) in [6.45, 7) is 1.59. The molecule has 2 amide bonds. The molecule has 0 heterocycles. The molecular weight excluding hydrogens is 243 g/mol. The summed E-state index contributed by atoms with van der Waals surface area (Å²) in [5.74, 6) is -3.25. The van der Waals surface area contributed by atoms with Crippen molar-refractivity contribution in [2.24, 2.45) is 0 Å². The van der Waals surface area contributed by atoms with E-state index in [0.29, 0.717) is 0 Å². The maximum atomic E-state index is 13.1. The number of halogens is 2. The second kappa shape index (κ2) is 7.37. The summed E-state index contributed by atoms with van der Waals surface area (Å²) in [7, 11) is 0. The molecule has 0 atom stereocenters. The van der Waals surface area contributed by atoms with E-state index < -0.39 is 29.2 Å². The molecule has 0 aliphatic heterocycles. The van der Waals surface area contributed by atoms with Crippen molar-refractivity contribution in [3.05, 3.63) is 35.4 Å². The molecule has 0 aliphatic rings. The van der Waals surface area contributed by atoms with Gasteiger partial charge in [0.05, 0.1) is 6.61 Å². The van der Waals surface area contributed by atoms with Gasteiger partial charge >= 0.3 is 35.7 Å². The molecule has 0 unspecified atom stereocenters. The molecule has 0 radical (unpaired) electrons. The third kappa shape index (κ3) is 4.41.